The maximum atomic E-state index is 12.9. The number of hydrogen-bond donors (Lipinski definition) is 0. The van der Waals surface area contributed by atoms with Crippen molar-refractivity contribution in [3.05, 3.63) is 17.5 Å². The number of nitrogens with zero attached hydrogens (tertiary/aromatic N) is 3. The fourth-order valence-corrected chi connectivity index (χ4v) is 3.56. The third kappa shape index (κ3) is 2.46. The molecule has 2 bridgehead atoms. The molecule has 1 saturated heterocycles. The summed E-state index contributed by atoms with van der Waals surface area (Å²) >= 11 is 0. The molecular weight excluding hydrogens is 270 g/mol. The number of ether oxygens (including phenoxy) is 2. The summed E-state index contributed by atoms with van der Waals surface area (Å²) in [5.74, 6) is 0.0376. The molecule has 0 aromatic carbocycles. The number of aromatic nitrogens is 2. The molecule has 1 saturated carbocycles. The Bertz CT molecular complexity index is 528. The van der Waals surface area contributed by atoms with Gasteiger partial charge in [0.1, 0.15) is 11.8 Å². The Labute approximate surface area is 125 Å². The summed E-state index contributed by atoms with van der Waals surface area (Å²) in [6.45, 7) is 5.80. The molecule has 3 atom stereocenters. The predicted octanol–water partition coefficient (Wildman–Crippen LogP) is 1.23. The fraction of sp³-hybridized carbons (Fsp3) is 0.733. The van der Waals surface area contributed by atoms with Gasteiger partial charge in [0.2, 0.25) is 0 Å². The SMILES string of the molecule is CCn1nc(C)cc1C(=O)N1CCO[C@H]2CC[C@H]1[C@H]2OC. The molecule has 2 aliphatic rings. The van der Waals surface area contributed by atoms with E-state index in [0.29, 0.717) is 25.4 Å². The highest BCUT2D eigenvalue weighted by Gasteiger charge is 2.44. The van der Waals surface area contributed by atoms with Gasteiger partial charge in [-0.25, -0.2) is 0 Å². The lowest BCUT2D eigenvalue weighted by atomic mass is 10.1. The number of rotatable bonds is 3. The second-order valence-corrected chi connectivity index (χ2v) is 5.74. The van der Waals surface area contributed by atoms with E-state index in [0.717, 1.165) is 18.5 Å². The van der Waals surface area contributed by atoms with Gasteiger partial charge >= 0.3 is 0 Å². The van der Waals surface area contributed by atoms with Crippen LogP contribution in [0.2, 0.25) is 0 Å². The van der Waals surface area contributed by atoms with Crippen molar-refractivity contribution in [2.45, 2.75) is 51.5 Å². The number of carbonyl (C=O) groups is 1. The average Bonchev–Trinajstić information content (AvgIpc) is 2.98. The molecule has 0 spiro atoms. The summed E-state index contributed by atoms with van der Waals surface area (Å²) in [4.78, 5) is 14.9. The third-order valence-electron chi connectivity index (χ3n) is 4.51. The molecule has 1 aromatic rings. The van der Waals surface area contributed by atoms with Crippen molar-refractivity contribution in [3.8, 4) is 0 Å². The van der Waals surface area contributed by atoms with Gasteiger partial charge in [-0.2, -0.15) is 5.10 Å². The van der Waals surface area contributed by atoms with Crippen LogP contribution in [0.15, 0.2) is 6.07 Å². The monoisotopic (exact) mass is 293 g/mol. The summed E-state index contributed by atoms with van der Waals surface area (Å²) in [6.07, 6.45) is 2.00. The molecule has 1 aliphatic carbocycles. The van der Waals surface area contributed by atoms with Gasteiger partial charge in [-0.1, -0.05) is 0 Å². The van der Waals surface area contributed by atoms with Crippen molar-refractivity contribution in [1.82, 2.24) is 14.7 Å². The molecule has 1 aromatic heterocycles. The molecule has 0 N–H and O–H groups in total. The van der Waals surface area contributed by atoms with E-state index in [2.05, 4.69) is 5.10 Å². The Kier molecular flexibility index (Phi) is 3.99. The number of methoxy groups -OCH3 is 1. The minimum Gasteiger partial charge on any atom is -0.377 e. The summed E-state index contributed by atoms with van der Waals surface area (Å²) < 4.78 is 13.2. The number of amides is 1. The summed E-state index contributed by atoms with van der Waals surface area (Å²) in [7, 11) is 1.70. The van der Waals surface area contributed by atoms with Crippen LogP contribution in [0.3, 0.4) is 0 Å². The molecule has 21 heavy (non-hydrogen) atoms. The highest BCUT2D eigenvalue weighted by atomic mass is 16.5. The predicted molar refractivity (Wildman–Crippen MR) is 77.2 cm³/mol. The Morgan fingerprint density at radius 2 is 2.33 bits per heavy atom. The minimum absolute atomic E-state index is 0.0180. The van der Waals surface area contributed by atoms with Gasteiger partial charge in [-0.3, -0.25) is 9.48 Å². The number of aryl methyl sites for hydroxylation is 2. The molecule has 1 amide bonds. The van der Waals surface area contributed by atoms with Crippen molar-refractivity contribution in [1.29, 1.82) is 0 Å². The number of hydrogen-bond acceptors (Lipinski definition) is 4. The van der Waals surface area contributed by atoms with Gasteiger partial charge in [0.15, 0.2) is 0 Å². The molecule has 0 radical (unpaired) electrons. The van der Waals surface area contributed by atoms with Gasteiger partial charge in [0.05, 0.1) is 24.4 Å². The first-order valence-electron chi connectivity index (χ1n) is 7.65. The maximum Gasteiger partial charge on any atom is 0.272 e. The number of fused-ring (bicyclic) bond motifs is 2. The first kappa shape index (κ1) is 14.5. The van der Waals surface area contributed by atoms with Crippen molar-refractivity contribution < 1.29 is 14.3 Å². The topological polar surface area (TPSA) is 56.6 Å². The second-order valence-electron chi connectivity index (χ2n) is 5.74. The van der Waals surface area contributed by atoms with Crippen molar-refractivity contribution in [3.63, 3.8) is 0 Å². The van der Waals surface area contributed by atoms with Gasteiger partial charge < -0.3 is 14.4 Å². The molecule has 1 aliphatic heterocycles. The molecule has 3 rings (SSSR count). The molecule has 2 heterocycles. The van der Waals surface area contributed by atoms with E-state index in [9.17, 15) is 4.79 Å². The minimum atomic E-state index is -0.0180. The maximum absolute atomic E-state index is 12.9. The Balaban J connectivity index is 1.89. The molecule has 6 nitrogen and oxygen atoms in total. The zero-order chi connectivity index (χ0) is 15.0. The van der Waals surface area contributed by atoms with E-state index in [4.69, 9.17) is 9.47 Å². The third-order valence-corrected chi connectivity index (χ3v) is 4.51. The van der Waals surface area contributed by atoms with E-state index in [1.807, 2.05) is 24.8 Å². The summed E-state index contributed by atoms with van der Waals surface area (Å²) in [6, 6.07) is 1.97. The Morgan fingerprint density at radius 3 is 3.05 bits per heavy atom. The second kappa shape index (κ2) is 5.77. The van der Waals surface area contributed by atoms with Gasteiger partial charge in [-0.15, -0.1) is 0 Å². The highest BCUT2D eigenvalue weighted by Crippen LogP contribution is 2.32. The van der Waals surface area contributed by atoms with Gasteiger partial charge in [-0.05, 0) is 32.8 Å². The van der Waals surface area contributed by atoms with Crippen LogP contribution in [-0.2, 0) is 16.0 Å². The molecule has 2 fully saturated rings. The van der Waals surface area contributed by atoms with E-state index in [1.165, 1.54) is 0 Å². The lowest BCUT2D eigenvalue weighted by molar-refractivity contribution is -0.0316. The van der Waals surface area contributed by atoms with E-state index >= 15 is 0 Å². The highest BCUT2D eigenvalue weighted by molar-refractivity contribution is 5.93. The van der Waals surface area contributed by atoms with E-state index in [1.54, 1.807) is 11.8 Å². The van der Waals surface area contributed by atoms with Crippen LogP contribution < -0.4 is 0 Å². The summed E-state index contributed by atoms with van der Waals surface area (Å²) in [5, 5.41) is 4.38. The van der Waals surface area contributed by atoms with E-state index in [-0.39, 0.29) is 24.2 Å². The van der Waals surface area contributed by atoms with Gasteiger partial charge in [0, 0.05) is 20.2 Å². The van der Waals surface area contributed by atoms with Crippen LogP contribution in [0, 0.1) is 6.92 Å². The van der Waals surface area contributed by atoms with Crippen LogP contribution in [0.4, 0.5) is 0 Å². The molecule has 6 heteroatoms. The molecule has 0 unspecified atom stereocenters. The van der Waals surface area contributed by atoms with Crippen LogP contribution in [-0.4, -0.2) is 59.1 Å². The quantitative estimate of drug-likeness (QED) is 0.841. The van der Waals surface area contributed by atoms with Gasteiger partial charge in [0.25, 0.3) is 5.91 Å². The molecule has 116 valence electrons. The van der Waals surface area contributed by atoms with Crippen LogP contribution in [0.5, 0.6) is 0 Å². The first-order chi connectivity index (χ1) is 10.2. The standard InChI is InChI=1S/C15H23N3O3/c1-4-18-12(9-10(2)16-18)15(19)17-7-8-21-13-6-5-11(17)14(13)20-3/h9,11,13-14H,4-8H2,1-3H3/t11-,13-,14+/m0/s1. The van der Waals surface area contributed by atoms with Crippen LogP contribution in [0.1, 0.15) is 35.9 Å². The van der Waals surface area contributed by atoms with Crippen LogP contribution in [0.25, 0.3) is 0 Å². The Morgan fingerprint density at radius 1 is 1.52 bits per heavy atom. The summed E-state index contributed by atoms with van der Waals surface area (Å²) in [5.41, 5.74) is 1.54. The van der Waals surface area contributed by atoms with Crippen LogP contribution >= 0.6 is 0 Å². The fourth-order valence-electron chi connectivity index (χ4n) is 3.56. The lowest BCUT2D eigenvalue weighted by Crippen LogP contribution is -2.46. The normalized spacial score (nSPS) is 28.7. The van der Waals surface area contributed by atoms with Crippen molar-refractivity contribution >= 4 is 5.91 Å². The van der Waals surface area contributed by atoms with Crippen molar-refractivity contribution in [2.75, 3.05) is 20.3 Å². The Hall–Kier alpha value is -1.40. The average molecular weight is 293 g/mol. The lowest BCUT2D eigenvalue weighted by Gasteiger charge is -2.30. The smallest absolute Gasteiger partial charge is 0.272 e. The zero-order valence-electron chi connectivity index (χ0n) is 12.9. The number of carbonyl (C=O) groups excluding carboxylic acids is 1. The van der Waals surface area contributed by atoms with Crippen molar-refractivity contribution in [2.24, 2.45) is 0 Å². The molecular formula is C15H23N3O3. The zero-order valence-corrected chi connectivity index (χ0v) is 12.9. The van der Waals surface area contributed by atoms with E-state index < -0.39 is 0 Å². The first-order valence-corrected chi connectivity index (χ1v) is 7.65. The largest absolute Gasteiger partial charge is 0.377 e.